The number of rotatable bonds is 6. The number of hydrogen-bond donors (Lipinski definition) is 0. The van der Waals surface area contributed by atoms with Crippen molar-refractivity contribution < 1.29 is 4.74 Å². The van der Waals surface area contributed by atoms with Crippen molar-refractivity contribution in [3.8, 4) is 17.0 Å². The molecule has 3 aromatic rings. The standard InChI is InChI=1S/C23H25N3O/c1-4-17-7-5-6-8-19(17)21-13-24-16(3)26-23(21)27-14-18-11-20(18)22-10-9-15(2)12-25-22/h5-10,12-13,18,20H,4,11,14H2,1-3H3/t18-,20+/m1/s1. The van der Waals surface area contributed by atoms with Gasteiger partial charge in [-0.2, -0.15) is 4.98 Å². The van der Waals surface area contributed by atoms with Crippen LogP contribution in [0, 0.1) is 19.8 Å². The van der Waals surface area contributed by atoms with Gasteiger partial charge < -0.3 is 4.74 Å². The minimum atomic E-state index is 0.500. The second-order valence-electron chi connectivity index (χ2n) is 7.32. The lowest BCUT2D eigenvalue weighted by Crippen LogP contribution is -2.06. The monoisotopic (exact) mass is 359 g/mol. The first kappa shape index (κ1) is 17.7. The molecule has 0 spiro atoms. The average Bonchev–Trinajstić information content (AvgIpc) is 3.47. The van der Waals surface area contributed by atoms with E-state index in [2.05, 4.69) is 65.2 Å². The maximum atomic E-state index is 6.19. The van der Waals surface area contributed by atoms with Crippen LogP contribution in [0.15, 0.2) is 48.8 Å². The summed E-state index contributed by atoms with van der Waals surface area (Å²) < 4.78 is 6.19. The maximum absolute atomic E-state index is 6.19. The molecule has 2 heterocycles. The lowest BCUT2D eigenvalue weighted by molar-refractivity contribution is 0.285. The van der Waals surface area contributed by atoms with Crippen LogP contribution in [-0.4, -0.2) is 21.6 Å². The van der Waals surface area contributed by atoms with Gasteiger partial charge in [-0.1, -0.05) is 37.3 Å². The molecule has 2 aromatic heterocycles. The van der Waals surface area contributed by atoms with Gasteiger partial charge >= 0.3 is 0 Å². The van der Waals surface area contributed by atoms with Gasteiger partial charge in [0.1, 0.15) is 5.82 Å². The van der Waals surface area contributed by atoms with Crippen LogP contribution in [0.4, 0.5) is 0 Å². The van der Waals surface area contributed by atoms with E-state index in [9.17, 15) is 0 Å². The van der Waals surface area contributed by atoms with Crippen molar-refractivity contribution in [2.45, 2.75) is 39.5 Å². The number of aromatic nitrogens is 3. The predicted octanol–water partition coefficient (Wildman–Crippen LogP) is 4.90. The van der Waals surface area contributed by atoms with Gasteiger partial charge in [0, 0.05) is 29.9 Å². The van der Waals surface area contributed by atoms with Gasteiger partial charge in [-0.05, 0) is 49.4 Å². The fraction of sp³-hybridized carbons (Fsp3) is 0.348. The Labute approximate surface area is 160 Å². The fourth-order valence-corrected chi connectivity index (χ4v) is 3.51. The Morgan fingerprint density at radius 2 is 1.85 bits per heavy atom. The Morgan fingerprint density at radius 3 is 2.63 bits per heavy atom. The zero-order valence-electron chi connectivity index (χ0n) is 16.1. The lowest BCUT2D eigenvalue weighted by Gasteiger charge is -2.13. The third kappa shape index (κ3) is 3.85. The molecular weight excluding hydrogens is 334 g/mol. The van der Waals surface area contributed by atoms with E-state index in [1.54, 1.807) is 0 Å². The highest BCUT2D eigenvalue weighted by molar-refractivity contribution is 5.71. The van der Waals surface area contributed by atoms with E-state index in [0.29, 0.717) is 24.3 Å². The molecule has 1 aromatic carbocycles. The summed E-state index contributed by atoms with van der Waals surface area (Å²) >= 11 is 0. The minimum Gasteiger partial charge on any atom is -0.477 e. The second-order valence-corrected chi connectivity index (χ2v) is 7.32. The topological polar surface area (TPSA) is 47.9 Å². The summed E-state index contributed by atoms with van der Waals surface area (Å²) in [4.78, 5) is 13.6. The third-order valence-corrected chi connectivity index (χ3v) is 5.23. The summed E-state index contributed by atoms with van der Waals surface area (Å²) in [7, 11) is 0. The van der Waals surface area contributed by atoms with Gasteiger partial charge in [0.15, 0.2) is 0 Å². The second kappa shape index (κ2) is 7.47. The molecule has 0 amide bonds. The molecule has 2 atom stereocenters. The van der Waals surface area contributed by atoms with Crippen LogP contribution >= 0.6 is 0 Å². The minimum absolute atomic E-state index is 0.500. The number of benzene rings is 1. The lowest BCUT2D eigenvalue weighted by atomic mass is 10.00. The van der Waals surface area contributed by atoms with Crippen LogP contribution < -0.4 is 4.74 Å². The predicted molar refractivity (Wildman–Crippen MR) is 107 cm³/mol. The molecule has 0 bridgehead atoms. The molecule has 1 aliphatic rings. The quantitative estimate of drug-likeness (QED) is 0.628. The van der Waals surface area contributed by atoms with Gasteiger partial charge in [0.05, 0.1) is 12.2 Å². The smallest absolute Gasteiger partial charge is 0.224 e. The van der Waals surface area contributed by atoms with E-state index < -0.39 is 0 Å². The van der Waals surface area contributed by atoms with Crippen molar-refractivity contribution in [2.75, 3.05) is 6.61 Å². The van der Waals surface area contributed by atoms with Gasteiger partial charge in [-0.3, -0.25) is 4.98 Å². The van der Waals surface area contributed by atoms with Gasteiger partial charge in [0.2, 0.25) is 5.88 Å². The van der Waals surface area contributed by atoms with Gasteiger partial charge in [-0.25, -0.2) is 4.98 Å². The summed E-state index contributed by atoms with van der Waals surface area (Å²) in [5.41, 5.74) is 5.78. The number of nitrogens with zero attached hydrogens (tertiary/aromatic N) is 3. The normalized spacial score (nSPS) is 18.3. The zero-order chi connectivity index (χ0) is 18.8. The zero-order valence-corrected chi connectivity index (χ0v) is 16.1. The number of ether oxygens (including phenoxy) is 1. The van der Waals surface area contributed by atoms with E-state index >= 15 is 0 Å². The van der Waals surface area contributed by atoms with Gasteiger partial charge in [-0.15, -0.1) is 0 Å². The highest BCUT2D eigenvalue weighted by atomic mass is 16.5. The molecule has 4 rings (SSSR count). The number of pyridine rings is 1. The van der Waals surface area contributed by atoms with Crippen LogP contribution in [0.25, 0.3) is 11.1 Å². The highest BCUT2D eigenvalue weighted by Gasteiger charge is 2.40. The molecule has 0 unspecified atom stereocenters. The molecule has 1 fully saturated rings. The summed E-state index contributed by atoms with van der Waals surface area (Å²) in [6.45, 7) is 6.80. The molecular formula is C23H25N3O. The van der Waals surface area contributed by atoms with Crippen LogP contribution in [0.1, 0.15) is 41.9 Å². The Bertz CT molecular complexity index is 937. The van der Waals surface area contributed by atoms with Crippen molar-refractivity contribution in [3.63, 3.8) is 0 Å². The van der Waals surface area contributed by atoms with E-state index in [1.165, 1.54) is 16.8 Å². The molecule has 0 N–H and O–H groups in total. The molecule has 4 heteroatoms. The Hall–Kier alpha value is -2.75. The average molecular weight is 359 g/mol. The van der Waals surface area contributed by atoms with Crippen molar-refractivity contribution in [3.05, 3.63) is 71.4 Å². The van der Waals surface area contributed by atoms with Crippen LogP contribution in [-0.2, 0) is 6.42 Å². The number of aryl methyl sites for hydroxylation is 3. The molecule has 1 aliphatic carbocycles. The number of hydrogen-bond acceptors (Lipinski definition) is 4. The van der Waals surface area contributed by atoms with Crippen molar-refractivity contribution in [1.82, 2.24) is 15.0 Å². The SMILES string of the molecule is CCc1ccccc1-c1cnc(C)nc1OC[C@H]1C[C@@H]1c1ccc(C)cn1. The molecule has 138 valence electrons. The highest BCUT2D eigenvalue weighted by Crippen LogP contribution is 2.47. The molecule has 27 heavy (non-hydrogen) atoms. The summed E-state index contributed by atoms with van der Waals surface area (Å²) in [5.74, 6) is 2.42. The van der Waals surface area contributed by atoms with Crippen LogP contribution in [0.3, 0.4) is 0 Å². The van der Waals surface area contributed by atoms with Crippen molar-refractivity contribution in [2.24, 2.45) is 5.92 Å². The summed E-state index contributed by atoms with van der Waals surface area (Å²) in [6.07, 6.45) is 5.92. The largest absolute Gasteiger partial charge is 0.477 e. The molecule has 4 nitrogen and oxygen atoms in total. The first-order chi connectivity index (χ1) is 13.2. The first-order valence-electron chi connectivity index (χ1n) is 9.63. The fourth-order valence-electron chi connectivity index (χ4n) is 3.51. The molecule has 0 aliphatic heterocycles. The van der Waals surface area contributed by atoms with E-state index in [-0.39, 0.29) is 0 Å². The molecule has 0 saturated heterocycles. The van der Waals surface area contributed by atoms with Crippen LogP contribution in [0.5, 0.6) is 5.88 Å². The van der Waals surface area contributed by atoms with Crippen molar-refractivity contribution >= 4 is 0 Å². The van der Waals surface area contributed by atoms with E-state index in [0.717, 1.165) is 29.8 Å². The van der Waals surface area contributed by atoms with E-state index in [4.69, 9.17) is 4.74 Å². The molecule has 1 saturated carbocycles. The summed E-state index contributed by atoms with van der Waals surface area (Å²) in [6, 6.07) is 12.7. The first-order valence-corrected chi connectivity index (χ1v) is 9.63. The summed E-state index contributed by atoms with van der Waals surface area (Å²) in [5, 5.41) is 0. The Balaban J connectivity index is 1.51. The van der Waals surface area contributed by atoms with Crippen LogP contribution in [0.2, 0.25) is 0 Å². The molecule has 0 radical (unpaired) electrons. The van der Waals surface area contributed by atoms with Gasteiger partial charge in [0.25, 0.3) is 0 Å². The Morgan fingerprint density at radius 1 is 1.00 bits per heavy atom. The van der Waals surface area contributed by atoms with E-state index in [1.807, 2.05) is 19.3 Å². The third-order valence-electron chi connectivity index (χ3n) is 5.23. The van der Waals surface area contributed by atoms with Crippen molar-refractivity contribution in [1.29, 1.82) is 0 Å². The maximum Gasteiger partial charge on any atom is 0.224 e. The Kier molecular flexibility index (Phi) is 4.88.